The number of piperazine rings is 1. The molecule has 2 aromatic carbocycles. The van der Waals surface area contributed by atoms with Crippen molar-refractivity contribution in [3.63, 3.8) is 0 Å². The van der Waals surface area contributed by atoms with Crippen LogP contribution in [0, 0.1) is 13.8 Å². The SMILES string of the molecule is Cc1cc(N2CCN(C(=O)COc3ccccc3Cc3ccccc3)CC2)nc(C)n1. The molecular weight excluding hydrogens is 388 g/mol. The molecule has 0 bridgehead atoms. The average molecular weight is 417 g/mol. The Morgan fingerprint density at radius 2 is 1.65 bits per heavy atom. The molecular formula is C25H28N4O2. The molecule has 0 spiro atoms. The lowest BCUT2D eigenvalue weighted by atomic mass is 10.0. The number of amides is 1. The second-order valence-electron chi connectivity index (χ2n) is 7.84. The van der Waals surface area contributed by atoms with Crippen LogP contribution in [-0.2, 0) is 11.2 Å². The Bertz CT molecular complexity index is 1010. The molecule has 1 aliphatic rings. The highest BCUT2D eigenvalue weighted by Gasteiger charge is 2.23. The highest BCUT2D eigenvalue weighted by molar-refractivity contribution is 5.78. The van der Waals surface area contributed by atoms with Crippen LogP contribution >= 0.6 is 0 Å². The Labute approximate surface area is 183 Å². The van der Waals surface area contributed by atoms with E-state index in [2.05, 4.69) is 33.1 Å². The average Bonchev–Trinajstić information content (AvgIpc) is 2.78. The van der Waals surface area contributed by atoms with Gasteiger partial charge in [0.1, 0.15) is 17.4 Å². The van der Waals surface area contributed by atoms with Crippen molar-refractivity contribution in [1.82, 2.24) is 14.9 Å². The molecule has 0 aliphatic carbocycles. The molecule has 0 atom stereocenters. The van der Waals surface area contributed by atoms with Gasteiger partial charge in [0.05, 0.1) is 0 Å². The maximum Gasteiger partial charge on any atom is 0.260 e. The van der Waals surface area contributed by atoms with Crippen LogP contribution in [0.25, 0.3) is 0 Å². The molecule has 0 saturated carbocycles. The van der Waals surface area contributed by atoms with E-state index in [0.717, 1.165) is 48.2 Å². The first-order chi connectivity index (χ1) is 15.1. The van der Waals surface area contributed by atoms with E-state index >= 15 is 0 Å². The third-order valence-electron chi connectivity index (χ3n) is 5.47. The van der Waals surface area contributed by atoms with Crippen molar-refractivity contribution >= 4 is 11.7 Å². The van der Waals surface area contributed by atoms with Crippen molar-refractivity contribution < 1.29 is 9.53 Å². The lowest BCUT2D eigenvalue weighted by Crippen LogP contribution is -2.50. The molecule has 1 saturated heterocycles. The van der Waals surface area contributed by atoms with E-state index in [9.17, 15) is 4.79 Å². The third-order valence-corrected chi connectivity index (χ3v) is 5.47. The van der Waals surface area contributed by atoms with Crippen molar-refractivity contribution in [3.8, 4) is 5.75 Å². The molecule has 4 rings (SSSR count). The van der Waals surface area contributed by atoms with Gasteiger partial charge in [-0.2, -0.15) is 0 Å². The largest absolute Gasteiger partial charge is 0.483 e. The van der Waals surface area contributed by atoms with E-state index < -0.39 is 0 Å². The van der Waals surface area contributed by atoms with Gasteiger partial charge in [0.2, 0.25) is 0 Å². The minimum absolute atomic E-state index is 0.0178. The maximum atomic E-state index is 12.7. The lowest BCUT2D eigenvalue weighted by Gasteiger charge is -2.35. The van der Waals surface area contributed by atoms with Gasteiger partial charge in [-0.25, -0.2) is 9.97 Å². The summed E-state index contributed by atoms with van der Waals surface area (Å²) in [7, 11) is 0. The number of para-hydroxylation sites is 1. The standard InChI is InChI=1S/C25H28N4O2/c1-19-16-24(27-20(2)26-19)28-12-14-29(15-13-28)25(30)18-31-23-11-7-6-10-22(23)17-21-8-4-3-5-9-21/h3-11,16H,12-15,17-18H2,1-2H3. The first-order valence-corrected chi connectivity index (χ1v) is 10.7. The molecule has 0 unspecified atom stereocenters. The zero-order valence-corrected chi connectivity index (χ0v) is 18.1. The highest BCUT2D eigenvalue weighted by atomic mass is 16.5. The molecule has 1 aromatic heterocycles. The number of aryl methyl sites for hydroxylation is 2. The summed E-state index contributed by atoms with van der Waals surface area (Å²) in [5, 5.41) is 0. The van der Waals surface area contributed by atoms with E-state index in [1.54, 1.807) is 0 Å². The van der Waals surface area contributed by atoms with Crippen molar-refractivity contribution in [3.05, 3.63) is 83.3 Å². The molecule has 6 heteroatoms. The fourth-order valence-electron chi connectivity index (χ4n) is 3.88. The fourth-order valence-corrected chi connectivity index (χ4v) is 3.88. The Kier molecular flexibility index (Phi) is 6.46. The van der Waals surface area contributed by atoms with Gasteiger partial charge in [0.25, 0.3) is 5.91 Å². The van der Waals surface area contributed by atoms with Crippen molar-refractivity contribution in [2.24, 2.45) is 0 Å². The molecule has 2 heterocycles. The molecule has 3 aromatic rings. The Morgan fingerprint density at radius 1 is 0.935 bits per heavy atom. The first kappa shape index (κ1) is 20.8. The minimum Gasteiger partial charge on any atom is -0.483 e. The third kappa shape index (κ3) is 5.40. The van der Waals surface area contributed by atoms with E-state index in [4.69, 9.17) is 4.74 Å². The maximum absolute atomic E-state index is 12.7. The Morgan fingerprint density at radius 3 is 2.39 bits per heavy atom. The predicted molar refractivity (Wildman–Crippen MR) is 121 cm³/mol. The van der Waals surface area contributed by atoms with Crippen LogP contribution < -0.4 is 9.64 Å². The summed E-state index contributed by atoms with van der Waals surface area (Å²) in [6.07, 6.45) is 0.779. The number of rotatable bonds is 6. The van der Waals surface area contributed by atoms with Crippen LogP contribution in [0.1, 0.15) is 22.6 Å². The zero-order valence-electron chi connectivity index (χ0n) is 18.1. The van der Waals surface area contributed by atoms with Gasteiger partial charge in [0.15, 0.2) is 6.61 Å². The van der Waals surface area contributed by atoms with E-state index in [1.165, 1.54) is 5.56 Å². The van der Waals surface area contributed by atoms with Gasteiger partial charge in [-0.1, -0.05) is 48.5 Å². The van der Waals surface area contributed by atoms with Crippen LogP contribution in [0.2, 0.25) is 0 Å². The number of aromatic nitrogens is 2. The summed E-state index contributed by atoms with van der Waals surface area (Å²) in [5.41, 5.74) is 3.26. The minimum atomic E-state index is 0.0178. The summed E-state index contributed by atoms with van der Waals surface area (Å²) in [4.78, 5) is 25.7. The van der Waals surface area contributed by atoms with E-state index in [-0.39, 0.29) is 12.5 Å². The van der Waals surface area contributed by atoms with Gasteiger partial charge in [-0.15, -0.1) is 0 Å². The van der Waals surface area contributed by atoms with Crippen LogP contribution in [0.3, 0.4) is 0 Å². The van der Waals surface area contributed by atoms with Crippen molar-refractivity contribution in [2.45, 2.75) is 20.3 Å². The summed E-state index contributed by atoms with van der Waals surface area (Å²) in [6, 6.07) is 20.2. The van der Waals surface area contributed by atoms with Gasteiger partial charge in [-0.05, 0) is 31.0 Å². The van der Waals surface area contributed by atoms with Crippen molar-refractivity contribution in [2.75, 3.05) is 37.7 Å². The second-order valence-corrected chi connectivity index (χ2v) is 7.84. The number of nitrogens with zero attached hydrogens (tertiary/aromatic N) is 4. The zero-order chi connectivity index (χ0) is 21.6. The fraction of sp³-hybridized carbons (Fsp3) is 0.320. The first-order valence-electron chi connectivity index (χ1n) is 10.7. The number of hydrogen-bond acceptors (Lipinski definition) is 5. The van der Waals surface area contributed by atoms with Gasteiger partial charge in [0, 0.05) is 44.4 Å². The number of anilines is 1. The summed E-state index contributed by atoms with van der Waals surface area (Å²) < 4.78 is 5.94. The van der Waals surface area contributed by atoms with Crippen LogP contribution in [0.5, 0.6) is 5.75 Å². The van der Waals surface area contributed by atoms with Crippen LogP contribution in [0.15, 0.2) is 60.7 Å². The number of hydrogen-bond donors (Lipinski definition) is 0. The molecule has 1 fully saturated rings. The normalized spacial score (nSPS) is 13.9. The monoisotopic (exact) mass is 416 g/mol. The highest BCUT2D eigenvalue weighted by Crippen LogP contribution is 2.22. The lowest BCUT2D eigenvalue weighted by molar-refractivity contribution is -0.133. The van der Waals surface area contributed by atoms with Crippen LogP contribution in [-0.4, -0.2) is 53.6 Å². The molecule has 1 aliphatic heterocycles. The summed E-state index contributed by atoms with van der Waals surface area (Å²) in [5.74, 6) is 2.49. The number of ether oxygens (including phenoxy) is 1. The Hall–Kier alpha value is -3.41. The number of benzene rings is 2. The molecule has 1 amide bonds. The molecule has 31 heavy (non-hydrogen) atoms. The predicted octanol–water partition coefficient (Wildman–Crippen LogP) is 3.41. The molecule has 160 valence electrons. The summed E-state index contributed by atoms with van der Waals surface area (Å²) in [6.45, 7) is 6.77. The van der Waals surface area contributed by atoms with Crippen molar-refractivity contribution in [1.29, 1.82) is 0 Å². The number of carbonyl (C=O) groups excluding carboxylic acids is 1. The number of carbonyl (C=O) groups is 1. The molecule has 0 N–H and O–H groups in total. The molecule has 6 nitrogen and oxygen atoms in total. The second kappa shape index (κ2) is 9.60. The van der Waals surface area contributed by atoms with E-state index in [1.807, 2.05) is 61.2 Å². The van der Waals surface area contributed by atoms with E-state index in [0.29, 0.717) is 13.1 Å². The van der Waals surface area contributed by atoms with Crippen LogP contribution in [0.4, 0.5) is 5.82 Å². The van der Waals surface area contributed by atoms with Gasteiger partial charge in [-0.3, -0.25) is 4.79 Å². The quantitative estimate of drug-likeness (QED) is 0.616. The van der Waals surface area contributed by atoms with Gasteiger partial charge >= 0.3 is 0 Å². The Balaban J connectivity index is 1.32. The van der Waals surface area contributed by atoms with Gasteiger partial charge < -0.3 is 14.5 Å². The molecule has 0 radical (unpaired) electrons. The smallest absolute Gasteiger partial charge is 0.260 e. The topological polar surface area (TPSA) is 58.6 Å². The summed E-state index contributed by atoms with van der Waals surface area (Å²) >= 11 is 0.